The molecule has 140 valence electrons. The zero-order valence-corrected chi connectivity index (χ0v) is 15.1. The number of aliphatic imine (C=N–C) groups is 1. The molecule has 9 nitrogen and oxygen atoms in total. The zero-order chi connectivity index (χ0) is 19.1. The van der Waals surface area contributed by atoms with E-state index in [9.17, 15) is 8.42 Å². The van der Waals surface area contributed by atoms with Gasteiger partial charge in [-0.1, -0.05) is 0 Å². The van der Waals surface area contributed by atoms with E-state index in [4.69, 9.17) is 10.5 Å². The zero-order valence-electron chi connectivity index (χ0n) is 14.3. The Bertz CT molecular complexity index is 1040. The predicted molar refractivity (Wildman–Crippen MR) is 102 cm³/mol. The van der Waals surface area contributed by atoms with Crippen LogP contribution in [-0.2, 0) is 10.0 Å². The van der Waals surface area contributed by atoms with Crippen molar-refractivity contribution >= 4 is 32.8 Å². The Morgan fingerprint density at radius 3 is 2.85 bits per heavy atom. The van der Waals surface area contributed by atoms with Gasteiger partial charge in [0.05, 0.1) is 11.4 Å². The Morgan fingerprint density at radius 2 is 2.07 bits per heavy atom. The summed E-state index contributed by atoms with van der Waals surface area (Å²) in [5.41, 5.74) is 5.33. The van der Waals surface area contributed by atoms with Gasteiger partial charge in [-0.25, -0.2) is 23.4 Å². The van der Waals surface area contributed by atoms with Gasteiger partial charge in [0.15, 0.2) is 0 Å². The Hall–Kier alpha value is -3.11. The van der Waals surface area contributed by atoms with Crippen LogP contribution < -0.4 is 15.2 Å². The molecular weight excluding hydrogens is 368 g/mol. The van der Waals surface area contributed by atoms with E-state index in [0.717, 1.165) is 0 Å². The Labute approximate surface area is 156 Å². The molecule has 0 bridgehead atoms. The van der Waals surface area contributed by atoms with Crippen molar-refractivity contribution in [3.63, 3.8) is 0 Å². The van der Waals surface area contributed by atoms with Crippen LogP contribution in [0.15, 0.2) is 58.9 Å². The second-order valence-corrected chi connectivity index (χ2v) is 7.05. The number of anilines is 1. The summed E-state index contributed by atoms with van der Waals surface area (Å²) in [6.07, 6.45) is 5.90. The molecule has 0 saturated heterocycles. The average molecular weight is 386 g/mol. The summed E-state index contributed by atoms with van der Waals surface area (Å²) in [6.45, 7) is 1.19. The van der Waals surface area contributed by atoms with E-state index in [2.05, 4.69) is 24.7 Å². The molecule has 0 saturated carbocycles. The second-order valence-electron chi connectivity index (χ2n) is 5.37. The Kier molecular flexibility index (Phi) is 5.89. The normalized spacial score (nSPS) is 11.7. The third-order valence-electron chi connectivity index (χ3n) is 3.52. The highest BCUT2D eigenvalue weighted by molar-refractivity contribution is 7.92. The second kappa shape index (κ2) is 8.52. The van der Waals surface area contributed by atoms with Crippen molar-refractivity contribution in [2.75, 3.05) is 24.4 Å². The molecule has 0 aliphatic carbocycles. The number of pyridine rings is 1. The maximum atomic E-state index is 12.6. The third-order valence-corrected chi connectivity index (χ3v) is 4.88. The van der Waals surface area contributed by atoms with Gasteiger partial charge in [0, 0.05) is 30.5 Å². The first-order valence-corrected chi connectivity index (χ1v) is 9.57. The van der Waals surface area contributed by atoms with E-state index in [1.807, 2.05) is 0 Å². The summed E-state index contributed by atoms with van der Waals surface area (Å²) in [4.78, 5) is 16.0. The van der Waals surface area contributed by atoms with Gasteiger partial charge in [-0.05, 0) is 35.7 Å². The van der Waals surface area contributed by atoms with Gasteiger partial charge in [-0.15, -0.1) is 0 Å². The highest BCUT2D eigenvalue weighted by Gasteiger charge is 2.16. The van der Waals surface area contributed by atoms with Gasteiger partial charge in [-0.3, -0.25) is 9.71 Å². The van der Waals surface area contributed by atoms with Crippen LogP contribution in [0, 0.1) is 0 Å². The molecule has 3 N–H and O–H groups in total. The minimum atomic E-state index is -3.78. The quantitative estimate of drug-likeness (QED) is 0.439. The number of aromatic nitrogens is 3. The molecule has 0 atom stereocenters. The lowest BCUT2D eigenvalue weighted by Gasteiger charge is -2.10. The Balaban J connectivity index is 1.82. The van der Waals surface area contributed by atoms with Crippen molar-refractivity contribution in [1.29, 1.82) is 0 Å². The van der Waals surface area contributed by atoms with E-state index in [1.54, 1.807) is 30.6 Å². The van der Waals surface area contributed by atoms with Crippen molar-refractivity contribution in [2.24, 2.45) is 10.7 Å². The van der Waals surface area contributed by atoms with E-state index >= 15 is 0 Å². The summed E-state index contributed by atoms with van der Waals surface area (Å²) in [7, 11) is -3.78. The van der Waals surface area contributed by atoms with Gasteiger partial charge >= 0.3 is 0 Å². The minimum Gasteiger partial charge on any atom is -0.475 e. The number of benzene rings is 1. The number of rotatable bonds is 8. The van der Waals surface area contributed by atoms with Crippen LogP contribution in [0.4, 0.5) is 5.82 Å². The first-order chi connectivity index (χ1) is 13.1. The Morgan fingerprint density at radius 1 is 1.19 bits per heavy atom. The number of nitrogens with one attached hydrogen (secondary N) is 1. The van der Waals surface area contributed by atoms with Crippen LogP contribution in [0.2, 0.25) is 0 Å². The van der Waals surface area contributed by atoms with Crippen LogP contribution >= 0.6 is 0 Å². The summed E-state index contributed by atoms with van der Waals surface area (Å²) in [5.74, 6) is 0.616. The molecule has 0 radical (unpaired) electrons. The van der Waals surface area contributed by atoms with Crippen LogP contribution in [-0.4, -0.2) is 49.3 Å². The lowest BCUT2D eigenvalue weighted by molar-refractivity contribution is 0.320. The van der Waals surface area contributed by atoms with Crippen LogP contribution in [0.5, 0.6) is 5.88 Å². The maximum Gasteiger partial charge on any atom is 0.263 e. The highest BCUT2D eigenvalue weighted by Crippen LogP contribution is 2.26. The summed E-state index contributed by atoms with van der Waals surface area (Å²) >= 11 is 0. The summed E-state index contributed by atoms with van der Waals surface area (Å²) < 4.78 is 33.2. The lowest BCUT2D eigenvalue weighted by Crippen LogP contribution is -2.14. The van der Waals surface area contributed by atoms with Gasteiger partial charge in [-0.2, -0.15) is 0 Å². The molecule has 1 aromatic carbocycles. The molecule has 3 aromatic rings. The van der Waals surface area contributed by atoms with Gasteiger partial charge < -0.3 is 10.5 Å². The van der Waals surface area contributed by atoms with Crippen LogP contribution in [0.3, 0.4) is 0 Å². The smallest absolute Gasteiger partial charge is 0.263 e. The topological polar surface area (TPSA) is 132 Å². The first kappa shape index (κ1) is 18.7. The fraction of sp³-hybridized carbons (Fsp3) is 0.176. The van der Waals surface area contributed by atoms with Crippen LogP contribution in [0.25, 0.3) is 10.8 Å². The van der Waals surface area contributed by atoms with Crippen LogP contribution in [0.1, 0.15) is 0 Å². The molecule has 0 spiro atoms. The van der Waals surface area contributed by atoms with Gasteiger partial charge in [0.25, 0.3) is 10.0 Å². The van der Waals surface area contributed by atoms with Gasteiger partial charge in [0.2, 0.25) is 5.88 Å². The molecule has 27 heavy (non-hydrogen) atoms. The number of nitrogens with two attached hydrogens (primary N) is 1. The molecule has 0 aliphatic heterocycles. The predicted octanol–water partition coefficient (Wildman–Crippen LogP) is 1.23. The van der Waals surface area contributed by atoms with Crippen molar-refractivity contribution in [1.82, 2.24) is 15.0 Å². The van der Waals surface area contributed by atoms with Gasteiger partial charge in [0.1, 0.15) is 18.8 Å². The molecular formula is C17H18N6O3S. The highest BCUT2D eigenvalue weighted by atomic mass is 32.2. The van der Waals surface area contributed by atoms with Crippen molar-refractivity contribution in [2.45, 2.75) is 4.90 Å². The largest absolute Gasteiger partial charge is 0.475 e. The summed E-state index contributed by atoms with van der Waals surface area (Å²) in [5, 5.41) is 1.40. The SMILES string of the molecule is NCC=NCCOc1nccc2cc(S(=O)(=O)Nc3ccncn3)ccc12. The van der Waals surface area contributed by atoms with E-state index in [1.165, 1.54) is 24.7 Å². The van der Waals surface area contributed by atoms with Crippen molar-refractivity contribution in [3.05, 3.63) is 49.1 Å². The molecule has 2 aromatic heterocycles. The fourth-order valence-corrected chi connectivity index (χ4v) is 3.36. The molecule has 3 rings (SSSR count). The molecule has 2 heterocycles. The molecule has 0 fully saturated rings. The summed E-state index contributed by atoms with van der Waals surface area (Å²) in [6, 6.07) is 7.91. The van der Waals surface area contributed by atoms with E-state index < -0.39 is 10.0 Å². The number of sulfonamides is 1. The molecule has 10 heteroatoms. The molecule has 0 amide bonds. The third kappa shape index (κ3) is 4.74. The monoisotopic (exact) mass is 386 g/mol. The van der Waals surface area contributed by atoms with Crippen molar-refractivity contribution in [3.8, 4) is 5.88 Å². The first-order valence-electron chi connectivity index (χ1n) is 8.09. The number of nitrogens with zero attached hydrogens (tertiary/aromatic N) is 4. The standard InChI is InChI=1S/C17H18N6O3S/c18-5-8-19-9-10-26-17-15-2-1-14(11-13(15)3-7-21-17)27(24,25)23-16-4-6-20-12-22-16/h1-4,6-8,11-12H,5,9-10,18H2,(H,20,22,23). The number of hydrogen-bond donors (Lipinski definition) is 2. The average Bonchev–Trinajstić information content (AvgIpc) is 2.68. The molecule has 0 unspecified atom stereocenters. The lowest BCUT2D eigenvalue weighted by atomic mass is 10.2. The van der Waals surface area contributed by atoms with E-state index in [0.29, 0.717) is 36.3 Å². The van der Waals surface area contributed by atoms with Crippen molar-refractivity contribution < 1.29 is 13.2 Å². The molecule has 0 aliphatic rings. The van der Waals surface area contributed by atoms with E-state index in [-0.39, 0.29) is 10.7 Å². The number of hydrogen-bond acceptors (Lipinski definition) is 8. The maximum absolute atomic E-state index is 12.6. The number of fused-ring (bicyclic) bond motifs is 1. The minimum absolute atomic E-state index is 0.110. The fourth-order valence-electron chi connectivity index (χ4n) is 2.32. The number of ether oxygens (including phenoxy) is 1.